The molecule has 11 heteroatoms. The number of amides is 4. The van der Waals surface area contributed by atoms with Gasteiger partial charge in [-0.05, 0) is 64.2 Å². The van der Waals surface area contributed by atoms with Gasteiger partial charge < -0.3 is 20.3 Å². The number of carbonyl (C=O) groups excluding carboxylic acids is 4. The van der Waals surface area contributed by atoms with Crippen molar-refractivity contribution in [2.45, 2.75) is 89.0 Å². The molecule has 4 aliphatic rings. The van der Waals surface area contributed by atoms with Crippen molar-refractivity contribution in [3.63, 3.8) is 0 Å². The first-order valence-corrected chi connectivity index (χ1v) is 12.7. The zero-order chi connectivity index (χ0) is 25.3. The molecule has 4 fully saturated rings. The Morgan fingerprint density at radius 3 is 2.60 bits per heavy atom. The van der Waals surface area contributed by atoms with Crippen molar-refractivity contribution in [1.82, 2.24) is 20.9 Å². The van der Waals surface area contributed by atoms with Crippen LogP contribution in [0.15, 0.2) is 0 Å². The Bertz CT molecular complexity index is 846. The average Bonchev–Trinajstić information content (AvgIpc) is 3.13. The lowest BCUT2D eigenvalue weighted by atomic mass is 9.75. The number of ether oxygens (including phenoxy) is 1. The normalized spacial score (nSPS) is 34.1. The topological polar surface area (TPSA) is 117 Å². The van der Waals surface area contributed by atoms with Crippen molar-refractivity contribution in [2.75, 3.05) is 19.6 Å². The Morgan fingerprint density at radius 2 is 1.94 bits per heavy atom. The number of likely N-dealkylation sites (tertiary alicyclic amines) is 1. The number of alkyl halides is 2. The summed E-state index contributed by atoms with van der Waals surface area (Å²) in [6.45, 7) is 4.64. The van der Waals surface area contributed by atoms with Crippen LogP contribution in [0.3, 0.4) is 0 Å². The molecule has 0 radical (unpaired) electrons. The first kappa shape index (κ1) is 25.9. The molecule has 0 spiro atoms. The molecule has 3 heterocycles. The van der Waals surface area contributed by atoms with Gasteiger partial charge in [-0.15, -0.1) is 0 Å². The predicted octanol–water partition coefficient (Wildman–Crippen LogP) is 0.963. The monoisotopic (exact) mass is 498 g/mol. The van der Waals surface area contributed by atoms with E-state index in [4.69, 9.17) is 4.74 Å². The molecule has 1 saturated carbocycles. The van der Waals surface area contributed by atoms with Crippen LogP contribution in [0.2, 0.25) is 0 Å². The Labute approximate surface area is 204 Å². The van der Waals surface area contributed by atoms with Gasteiger partial charge in [-0.1, -0.05) is 0 Å². The summed E-state index contributed by atoms with van der Waals surface area (Å²) in [5.74, 6) is -5.80. The quantitative estimate of drug-likeness (QED) is 0.451. The third-order valence-corrected chi connectivity index (χ3v) is 7.83. The number of nitrogens with one attached hydrogen (secondary N) is 3. The van der Waals surface area contributed by atoms with E-state index in [1.165, 1.54) is 0 Å². The molecule has 4 amide bonds. The standard InChI is InChI=1S/C24H36F2N4O5/c1-13(2)35-16-4-7-19(27-11-16)24(25,26)23(34)28-10-14-3-5-17-15(9-14)12-30(22(17)33)18-6-8-20(31)29-21(18)32/h13-19,27H,3-12H2,1-2H3,(H,28,34)(H,29,31,32). The Balaban J connectivity index is 1.25. The van der Waals surface area contributed by atoms with E-state index in [9.17, 15) is 28.0 Å². The zero-order valence-electron chi connectivity index (χ0n) is 20.4. The van der Waals surface area contributed by atoms with Gasteiger partial charge in [0.05, 0.1) is 18.2 Å². The van der Waals surface area contributed by atoms with Crippen LogP contribution >= 0.6 is 0 Å². The van der Waals surface area contributed by atoms with Gasteiger partial charge in [0, 0.05) is 32.0 Å². The lowest BCUT2D eigenvalue weighted by Crippen LogP contribution is -2.58. The van der Waals surface area contributed by atoms with E-state index < -0.39 is 29.8 Å². The molecule has 3 saturated heterocycles. The van der Waals surface area contributed by atoms with Gasteiger partial charge >= 0.3 is 5.92 Å². The van der Waals surface area contributed by atoms with E-state index >= 15 is 0 Å². The van der Waals surface area contributed by atoms with Crippen LogP contribution in [0.4, 0.5) is 8.78 Å². The van der Waals surface area contributed by atoms with E-state index in [1.54, 1.807) is 4.90 Å². The summed E-state index contributed by atoms with van der Waals surface area (Å²) in [6, 6.07) is -1.85. The van der Waals surface area contributed by atoms with Crippen LogP contribution < -0.4 is 16.0 Å². The summed E-state index contributed by atoms with van der Waals surface area (Å²) in [7, 11) is 0. The smallest absolute Gasteiger partial charge is 0.339 e. The minimum atomic E-state index is -3.52. The van der Waals surface area contributed by atoms with Crippen LogP contribution in [0.25, 0.3) is 0 Å². The predicted molar refractivity (Wildman–Crippen MR) is 121 cm³/mol. The molecular weight excluding hydrogens is 462 g/mol. The van der Waals surface area contributed by atoms with Crippen LogP contribution in [-0.4, -0.2) is 78.4 Å². The fourth-order valence-corrected chi connectivity index (χ4v) is 6.04. The van der Waals surface area contributed by atoms with Crippen molar-refractivity contribution in [3.8, 4) is 0 Å². The largest absolute Gasteiger partial charge is 0.374 e. The SMILES string of the molecule is CC(C)OC1CCC(C(F)(F)C(=O)NCC2CCC3C(=O)N(C4CCC(=O)NC4=O)CC3C2)NC1. The van der Waals surface area contributed by atoms with Gasteiger partial charge in [0.1, 0.15) is 6.04 Å². The van der Waals surface area contributed by atoms with Crippen molar-refractivity contribution in [1.29, 1.82) is 0 Å². The number of imide groups is 1. The summed E-state index contributed by atoms with van der Waals surface area (Å²) in [5, 5.41) is 7.53. The van der Waals surface area contributed by atoms with Gasteiger partial charge in [-0.25, -0.2) is 0 Å². The highest BCUT2D eigenvalue weighted by atomic mass is 19.3. The van der Waals surface area contributed by atoms with Crippen LogP contribution in [0.1, 0.15) is 58.8 Å². The second-order valence-electron chi connectivity index (χ2n) is 10.7. The number of fused-ring (bicyclic) bond motifs is 1. The number of hydrogen-bond donors (Lipinski definition) is 3. The van der Waals surface area contributed by atoms with Gasteiger partial charge in [0.25, 0.3) is 5.91 Å². The van der Waals surface area contributed by atoms with E-state index in [1.807, 2.05) is 13.8 Å². The lowest BCUT2D eigenvalue weighted by molar-refractivity contribution is -0.153. The van der Waals surface area contributed by atoms with Crippen molar-refractivity contribution < 1.29 is 32.7 Å². The van der Waals surface area contributed by atoms with E-state index in [0.717, 1.165) is 0 Å². The molecule has 6 atom stereocenters. The number of carbonyl (C=O) groups is 4. The minimum Gasteiger partial charge on any atom is -0.374 e. The van der Waals surface area contributed by atoms with E-state index in [-0.39, 0.29) is 67.7 Å². The minimum absolute atomic E-state index is 0.00588. The second kappa shape index (κ2) is 10.5. The highest BCUT2D eigenvalue weighted by Crippen LogP contribution is 2.41. The molecule has 3 aliphatic heterocycles. The summed E-state index contributed by atoms with van der Waals surface area (Å²) in [4.78, 5) is 50.5. The van der Waals surface area contributed by atoms with Gasteiger partial charge in [0.2, 0.25) is 17.7 Å². The highest BCUT2D eigenvalue weighted by molar-refractivity contribution is 6.02. The number of piperidine rings is 2. The molecule has 3 N–H and O–H groups in total. The van der Waals surface area contributed by atoms with Crippen LogP contribution in [-0.2, 0) is 23.9 Å². The fourth-order valence-electron chi connectivity index (χ4n) is 6.04. The highest BCUT2D eigenvalue weighted by Gasteiger charge is 2.50. The summed E-state index contributed by atoms with van der Waals surface area (Å²) in [6.07, 6.45) is 2.93. The van der Waals surface area contributed by atoms with E-state index in [0.29, 0.717) is 38.6 Å². The third-order valence-electron chi connectivity index (χ3n) is 7.83. The number of rotatable bonds is 7. The fraction of sp³-hybridized carbons (Fsp3) is 0.833. The third kappa shape index (κ3) is 5.66. The molecule has 35 heavy (non-hydrogen) atoms. The maximum absolute atomic E-state index is 14.8. The Hall–Kier alpha value is -2.14. The van der Waals surface area contributed by atoms with Crippen molar-refractivity contribution in [3.05, 3.63) is 0 Å². The molecule has 0 aromatic carbocycles. The Kier molecular flexibility index (Phi) is 7.75. The molecule has 0 aromatic rings. The Morgan fingerprint density at radius 1 is 1.17 bits per heavy atom. The molecule has 196 valence electrons. The van der Waals surface area contributed by atoms with Crippen LogP contribution in [0, 0.1) is 17.8 Å². The first-order valence-electron chi connectivity index (χ1n) is 12.7. The second-order valence-corrected chi connectivity index (χ2v) is 10.7. The maximum atomic E-state index is 14.8. The summed E-state index contributed by atoms with van der Waals surface area (Å²) in [5.41, 5.74) is 0. The van der Waals surface area contributed by atoms with Crippen molar-refractivity contribution >= 4 is 23.6 Å². The average molecular weight is 499 g/mol. The molecule has 0 aromatic heterocycles. The number of hydrogen-bond acceptors (Lipinski definition) is 6. The van der Waals surface area contributed by atoms with Gasteiger partial charge in [-0.3, -0.25) is 24.5 Å². The number of nitrogens with zero attached hydrogens (tertiary/aromatic N) is 1. The van der Waals surface area contributed by atoms with Crippen molar-refractivity contribution in [2.24, 2.45) is 17.8 Å². The number of halogens is 2. The molecule has 6 unspecified atom stereocenters. The molecule has 1 aliphatic carbocycles. The maximum Gasteiger partial charge on any atom is 0.339 e. The zero-order valence-corrected chi connectivity index (χ0v) is 20.4. The summed E-state index contributed by atoms with van der Waals surface area (Å²) < 4.78 is 35.3. The van der Waals surface area contributed by atoms with E-state index in [2.05, 4.69) is 16.0 Å². The first-order chi connectivity index (χ1) is 16.6. The van der Waals surface area contributed by atoms with Crippen LogP contribution in [0.5, 0.6) is 0 Å². The summed E-state index contributed by atoms with van der Waals surface area (Å²) >= 11 is 0. The molecule has 4 rings (SSSR count). The van der Waals surface area contributed by atoms with Gasteiger partial charge in [-0.2, -0.15) is 8.78 Å². The molecular formula is C24H36F2N4O5. The van der Waals surface area contributed by atoms with Gasteiger partial charge in [0.15, 0.2) is 0 Å². The lowest BCUT2D eigenvalue weighted by Gasteiger charge is -2.35. The molecule has 9 nitrogen and oxygen atoms in total. The molecule has 0 bridgehead atoms.